The van der Waals surface area contributed by atoms with Crippen molar-refractivity contribution in [1.29, 1.82) is 0 Å². The molecule has 0 radical (unpaired) electrons. The molecular formula is C21H17N5O2S2. The van der Waals surface area contributed by atoms with Gasteiger partial charge < -0.3 is 9.47 Å². The summed E-state index contributed by atoms with van der Waals surface area (Å²) in [6.07, 6.45) is 3.59. The fraction of sp³-hybridized carbons (Fsp3) is 0.143. The Kier molecular flexibility index (Phi) is 5.20. The molecule has 0 fully saturated rings. The molecule has 5 rings (SSSR count). The van der Waals surface area contributed by atoms with Crippen LogP contribution in [0.1, 0.15) is 5.69 Å². The van der Waals surface area contributed by atoms with Crippen molar-refractivity contribution in [3.05, 3.63) is 66.3 Å². The largest absolute Gasteiger partial charge is 0.454 e. The summed E-state index contributed by atoms with van der Waals surface area (Å²) in [6.45, 7) is 4.74. The van der Waals surface area contributed by atoms with Gasteiger partial charge in [0.15, 0.2) is 22.5 Å². The lowest BCUT2D eigenvalue weighted by molar-refractivity contribution is 0.174. The first-order chi connectivity index (χ1) is 14.8. The van der Waals surface area contributed by atoms with Gasteiger partial charge >= 0.3 is 0 Å². The molecule has 30 heavy (non-hydrogen) atoms. The standard InChI is InChI=1S/C21H17N5O2S2/c1-2-9-26-19(16-5-3-4-8-22-16)24-25-21(26)30-12-15-11-29-20(23-15)14-6-7-17-18(10-14)28-13-27-17/h2-8,10-11H,1,9,12-13H2. The number of thioether (sulfide) groups is 1. The quantitative estimate of drug-likeness (QED) is 0.308. The van der Waals surface area contributed by atoms with Crippen LogP contribution in [0.3, 0.4) is 0 Å². The lowest BCUT2D eigenvalue weighted by atomic mass is 10.2. The molecule has 0 bridgehead atoms. The molecule has 0 amide bonds. The Labute approximate surface area is 181 Å². The van der Waals surface area contributed by atoms with E-state index in [-0.39, 0.29) is 6.79 Å². The molecule has 0 unspecified atom stereocenters. The van der Waals surface area contributed by atoms with E-state index >= 15 is 0 Å². The second kappa shape index (κ2) is 8.29. The van der Waals surface area contributed by atoms with Gasteiger partial charge in [0.05, 0.1) is 5.69 Å². The maximum atomic E-state index is 5.47. The van der Waals surface area contributed by atoms with Crippen LogP contribution < -0.4 is 9.47 Å². The number of aromatic nitrogens is 5. The highest BCUT2D eigenvalue weighted by Gasteiger charge is 2.17. The molecule has 0 aliphatic carbocycles. The Morgan fingerprint density at radius 2 is 2.10 bits per heavy atom. The molecular weight excluding hydrogens is 418 g/mol. The van der Waals surface area contributed by atoms with Crippen molar-refractivity contribution in [1.82, 2.24) is 24.7 Å². The SMILES string of the molecule is C=CCn1c(SCc2csc(-c3ccc4c(c3)OCO4)n2)nnc1-c1ccccn1. The number of allylic oxidation sites excluding steroid dienone is 1. The minimum Gasteiger partial charge on any atom is -0.454 e. The molecule has 1 aliphatic heterocycles. The van der Waals surface area contributed by atoms with E-state index in [1.807, 2.05) is 47.0 Å². The van der Waals surface area contributed by atoms with E-state index in [0.29, 0.717) is 12.3 Å². The number of ether oxygens (including phenoxy) is 2. The maximum absolute atomic E-state index is 5.47. The number of fused-ring (bicyclic) bond motifs is 1. The molecule has 0 saturated heterocycles. The summed E-state index contributed by atoms with van der Waals surface area (Å²) in [4.78, 5) is 9.16. The van der Waals surface area contributed by atoms with Crippen molar-refractivity contribution in [3.8, 4) is 33.6 Å². The van der Waals surface area contributed by atoms with E-state index in [9.17, 15) is 0 Å². The summed E-state index contributed by atoms with van der Waals surface area (Å²) < 4.78 is 12.9. The highest BCUT2D eigenvalue weighted by Crippen LogP contribution is 2.37. The Morgan fingerprint density at radius 1 is 1.17 bits per heavy atom. The first-order valence-electron chi connectivity index (χ1n) is 9.24. The van der Waals surface area contributed by atoms with Crippen LogP contribution in [-0.4, -0.2) is 31.5 Å². The minimum atomic E-state index is 0.268. The molecule has 0 saturated carbocycles. The smallest absolute Gasteiger partial charge is 0.231 e. The normalized spacial score (nSPS) is 12.3. The Hall–Kier alpha value is -3.17. The molecule has 150 valence electrons. The molecule has 0 atom stereocenters. The van der Waals surface area contributed by atoms with Crippen LogP contribution in [0.5, 0.6) is 11.5 Å². The van der Waals surface area contributed by atoms with Crippen LogP contribution in [0.2, 0.25) is 0 Å². The molecule has 0 spiro atoms. The average molecular weight is 436 g/mol. The summed E-state index contributed by atoms with van der Waals surface area (Å²) in [7, 11) is 0. The van der Waals surface area contributed by atoms with Crippen LogP contribution in [-0.2, 0) is 12.3 Å². The van der Waals surface area contributed by atoms with Gasteiger partial charge in [0.2, 0.25) is 6.79 Å². The fourth-order valence-corrected chi connectivity index (χ4v) is 4.81. The summed E-state index contributed by atoms with van der Waals surface area (Å²) in [5.41, 5.74) is 2.80. The van der Waals surface area contributed by atoms with Crippen molar-refractivity contribution in [3.63, 3.8) is 0 Å². The van der Waals surface area contributed by atoms with Crippen molar-refractivity contribution in [2.45, 2.75) is 17.5 Å². The van der Waals surface area contributed by atoms with Crippen LogP contribution in [0, 0.1) is 0 Å². The van der Waals surface area contributed by atoms with Gasteiger partial charge in [-0.25, -0.2) is 4.98 Å². The van der Waals surface area contributed by atoms with E-state index in [4.69, 9.17) is 14.5 Å². The van der Waals surface area contributed by atoms with Gasteiger partial charge in [0.25, 0.3) is 0 Å². The summed E-state index contributed by atoms with van der Waals surface area (Å²) in [5, 5.41) is 12.5. The Balaban J connectivity index is 1.33. The third kappa shape index (κ3) is 3.69. The highest BCUT2D eigenvalue weighted by molar-refractivity contribution is 7.98. The number of hydrogen-bond acceptors (Lipinski definition) is 8. The Bertz CT molecular complexity index is 1190. The number of rotatable bonds is 7. The molecule has 1 aromatic carbocycles. The van der Waals surface area contributed by atoms with Crippen LogP contribution in [0.15, 0.2) is 65.8 Å². The first kappa shape index (κ1) is 18.8. The van der Waals surface area contributed by atoms with Crippen LogP contribution in [0.4, 0.5) is 0 Å². The van der Waals surface area contributed by atoms with Crippen LogP contribution in [0.25, 0.3) is 22.1 Å². The second-order valence-corrected chi connectivity index (χ2v) is 8.22. The number of hydrogen-bond donors (Lipinski definition) is 0. The molecule has 7 nitrogen and oxygen atoms in total. The molecule has 9 heteroatoms. The lowest BCUT2D eigenvalue weighted by Crippen LogP contribution is -2.01. The third-order valence-corrected chi connectivity index (χ3v) is 6.38. The average Bonchev–Trinajstić information content (AvgIpc) is 3.52. The Morgan fingerprint density at radius 3 is 2.97 bits per heavy atom. The van der Waals surface area contributed by atoms with Gasteiger partial charge in [0.1, 0.15) is 10.7 Å². The number of thiazole rings is 1. The minimum absolute atomic E-state index is 0.268. The predicted octanol–water partition coefficient (Wildman–Crippen LogP) is 4.67. The van der Waals surface area contributed by atoms with Gasteiger partial charge in [-0.3, -0.25) is 9.55 Å². The highest BCUT2D eigenvalue weighted by atomic mass is 32.2. The number of benzene rings is 1. The fourth-order valence-electron chi connectivity index (χ4n) is 3.05. The van der Waals surface area contributed by atoms with Gasteiger partial charge in [-0.1, -0.05) is 23.9 Å². The summed E-state index contributed by atoms with van der Waals surface area (Å²) in [5.74, 6) is 2.96. The van der Waals surface area contributed by atoms with Gasteiger partial charge in [-0.15, -0.1) is 28.1 Å². The van der Waals surface area contributed by atoms with Crippen molar-refractivity contribution in [2.75, 3.05) is 6.79 Å². The number of nitrogens with zero attached hydrogens (tertiary/aromatic N) is 5. The summed E-state index contributed by atoms with van der Waals surface area (Å²) in [6, 6.07) is 11.6. The molecule has 3 aromatic heterocycles. The molecule has 0 N–H and O–H groups in total. The van der Waals surface area contributed by atoms with Crippen molar-refractivity contribution < 1.29 is 9.47 Å². The van der Waals surface area contributed by atoms with Crippen molar-refractivity contribution >= 4 is 23.1 Å². The van der Waals surface area contributed by atoms with Gasteiger partial charge in [0, 0.05) is 29.4 Å². The van der Waals surface area contributed by atoms with E-state index in [1.54, 1.807) is 29.3 Å². The van der Waals surface area contributed by atoms with E-state index in [2.05, 4.69) is 27.1 Å². The second-order valence-electron chi connectivity index (χ2n) is 6.42. The molecule has 4 heterocycles. The van der Waals surface area contributed by atoms with Gasteiger partial charge in [-0.2, -0.15) is 0 Å². The zero-order chi connectivity index (χ0) is 20.3. The predicted molar refractivity (Wildman–Crippen MR) is 117 cm³/mol. The molecule has 4 aromatic rings. The maximum Gasteiger partial charge on any atom is 0.231 e. The van der Waals surface area contributed by atoms with E-state index in [0.717, 1.165) is 44.4 Å². The van der Waals surface area contributed by atoms with E-state index < -0.39 is 0 Å². The zero-order valence-electron chi connectivity index (χ0n) is 15.9. The van der Waals surface area contributed by atoms with Crippen LogP contribution >= 0.6 is 23.1 Å². The topological polar surface area (TPSA) is 75.0 Å². The zero-order valence-corrected chi connectivity index (χ0v) is 17.5. The molecule has 1 aliphatic rings. The third-order valence-electron chi connectivity index (χ3n) is 4.44. The van der Waals surface area contributed by atoms with Gasteiger partial charge in [-0.05, 0) is 30.3 Å². The van der Waals surface area contributed by atoms with E-state index in [1.165, 1.54) is 0 Å². The van der Waals surface area contributed by atoms with Crippen molar-refractivity contribution in [2.24, 2.45) is 0 Å². The monoisotopic (exact) mass is 435 g/mol. The number of pyridine rings is 1. The first-order valence-corrected chi connectivity index (χ1v) is 11.1. The lowest BCUT2D eigenvalue weighted by Gasteiger charge is -2.06. The summed E-state index contributed by atoms with van der Waals surface area (Å²) >= 11 is 3.21.